The SMILES string of the molecule is CCCCCCCCCCCCCCCCCCCCCC(=O)OCCCCCCCCCCCCCCCCCCCCCCCCCCCCCCCCCCCCCC(=O)NC(CO)C(O)CCCCCCCCCCCCCCCCC. The van der Waals surface area contributed by atoms with Gasteiger partial charge in [-0.1, -0.05) is 438 Å². The van der Waals surface area contributed by atoms with Crippen molar-refractivity contribution in [1.82, 2.24) is 5.32 Å². The Bertz CT molecular complexity index is 1260. The molecule has 6 heteroatoms. The van der Waals surface area contributed by atoms with E-state index >= 15 is 0 Å². The smallest absolute Gasteiger partial charge is 0.305 e. The Kier molecular flexibility index (Phi) is 75.3. The van der Waals surface area contributed by atoms with Crippen LogP contribution in [0.3, 0.4) is 0 Å². The number of aliphatic hydroxyl groups excluding tert-OH is 2. The van der Waals surface area contributed by atoms with Crippen molar-refractivity contribution >= 4 is 11.9 Å². The van der Waals surface area contributed by atoms with Crippen molar-refractivity contribution in [3.05, 3.63) is 0 Å². The number of carbonyl (C=O) groups excluding carboxylic acids is 2. The number of carbonyl (C=O) groups is 2. The lowest BCUT2D eigenvalue weighted by Crippen LogP contribution is -2.45. The third kappa shape index (κ3) is 71.9. The third-order valence-electron chi connectivity index (χ3n) is 19.4. The summed E-state index contributed by atoms with van der Waals surface area (Å²) in [5, 5.41) is 23.4. The number of esters is 1. The average molecular weight is 1220 g/mol. The third-order valence-corrected chi connectivity index (χ3v) is 19.4. The second-order valence-electron chi connectivity index (χ2n) is 28.1. The quantitative estimate of drug-likeness (QED) is 0.0417. The van der Waals surface area contributed by atoms with Crippen LogP contribution in [0.2, 0.25) is 0 Å². The molecule has 0 aromatic heterocycles. The number of aliphatic hydroxyl groups is 2. The van der Waals surface area contributed by atoms with Gasteiger partial charge in [0, 0.05) is 12.8 Å². The Labute approximate surface area is 540 Å². The monoisotopic (exact) mass is 1210 g/mol. The highest BCUT2D eigenvalue weighted by Crippen LogP contribution is 2.21. The highest BCUT2D eigenvalue weighted by Gasteiger charge is 2.20. The first-order chi connectivity index (χ1) is 42.5. The minimum absolute atomic E-state index is 0.0253. The van der Waals surface area contributed by atoms with Crippen LogP contribution in [0, 0.1) is 0 Å². The molecule has 0 rings (SSSR count). The van der Waals surface area contributed by atoms with E-state index in [1.54, 1.807) is 0 Å². The maximum atomic E-state index is 12.5. The normalized spacial score (nSPS) is 12.4. The molecule has 1 amide bonds. The Morgan fingerprint density at radius 1 is 0.279 bits per heavy atom. The molecule has 86 heavy (non-hydrogen) atoms. The zero-order chi connectivity index (χ0) is 62.0. The summed E-state index contributed by atoms with van der Waals surface area (Å²) in [6.07, 6.45) is 95.0. The van der Waals surface area contributed by atoms with Gasteiger partial charge in [0.1, 0.15) is 0 Å². The predicted molar refractivity (Wildman–Crippen MR) is 380 cm³/mol. The van der Waals surface area contributed by atoms with Gasteiger partial charge in [-0.3, -0.25) is 9.59 Å². The molecule has 0 spiro atoms. The first kappa shape index (κ1) is 84.9. The maximum absolute atomic E-state index is 12.5. The molecule has 0 aliphatic heterocycles. The molecule has 0 aromatic carbocycles. The van der Waals surface area contributed by atoms with Crippen LogP contribution in [0.4, 0.5) is 0 Å². The molecule has 6 nitrogen and oxygen atoms in total. The Morgan fingerprint density at radius 3 is 0.709 bits per heavy atom. The largest absolute Gasteiger partial charge is 0.466 e. The lowest BCUT2D eigenvalue weighted by atomic mass is 10.0. The summed E-state index contributed by atoms with van der Waals surface area (Å²) in [4.78, 5) is 24.7. The molecular formula is C80H159NO5. The number of unbranched alkanes of at least 4 members (excludes halogenated alkanes) is 66. The number of rotatable bonds is 77. The van der Waals surface area contributed by atoms with Gasteiger partial charge < -0.3 is 20.3 Å². The minimum atomic E-state index is -0.659. The van der Waals surface area contributed by atoms with Gasteiger partial charge >= 0.3 is 5.97 Å². The molecule has 0 radical (unpaired) electrons. The van der Waals surface area contributed by atoms with Gasteiger partial charge in [-0.2, -0.15) is 0 Å². The van der Waals surface area contributed by atoms with Crippen LogP contribution in [0.25, 0.3) is 0 Å². The van der Waals surface area contributed by atoms with E-state index in [0.717, 1.165) is 38.5 Å². The van der Waals surface area contributed by atoms with Crippen LogP contribution in [-0.2, 0) is 14.3 Å². The second-order valence-corrected chi connectivity index (χ2v) is 28.1. The maximum Gasteiger partial charge on any atom is 0.305 e. The molecule has 2 unspecified atom stereocenters. The van der Waals surface area contributed by atoms with Gasteiger partial charge in [0.25, 0.3) is 0 Å². The van der Waals surface area contributed by atoms with E-state index in [-0.39, 0.29) is 18.5 Å². The van der Waals surface area contributed by atoms with E-state index in [9.17, 15) is 19.8 Å². The van der Waals surface area contributed by atoms with Crippen molar-refractivity contribution in [2.45, 2.75) is 488 Å². The first-order valence-corrected chi connectivity index (χ1v) is 40.3. The summed E-state index contributed by atoms with van der Waals surface area (Å²) in [7, 11) is 0. The molecule has 0 saturated carbocycles. The van der Waals surface area contributed by atoms with Crippen molar-refractivity contribution in [2.75, 3.05) is 13.2 Å². The van der Waals surface area contributed by atoms with Gasteiger partial charge in [0.2, 0.25) is 5.91 Å². The van der Waals surface area contributed by atoms with E-state index in [1.807, 2.05) is 0 Å². The Morgan fingerprint density at radius 2 is 0.477 bits per heavy atom. The molecule has 0 aliphatic rings. The number of ether oxygens (including phenoxy) is 1. The fourth-order valence-corrected chi connectivity index (χ4v) is 13.3. The molecule has 2 atom stereocenters. The highest BCUT2D eigenvalue weighted by molar-refractivity contribution is 5.76. The van der Waals surface area contributed by atoms with E-state index in [4.69, 9.17) is 4.74 Å². The number of nitrogens with one attached hydrogen (secondary N) is 1. The van der Waals surface area contributed by atoms with Crippen molar-refractivity contribution in [3.8, 4) is 0 Å². The number of amides is 1. The summed E-state index contributed by atoms with van der Waals surface area (Å²) in [6.45, 7) is 5.02. The molecule has 0 aromatic rings. The second kappa shape index (κ2) is 76.3. The van der Waals surface area contributed by atoms with E-state index in [2.05, 4.69) is 19.2 Å². The van der Waals surface area contributed by atoms with Gasteiger partial charge in [-0.05, 0) is 25.7 Å². The zero-order valence-electron chi connectivity index (χ0n) is 59.1. The van der Waals surface area contributed by atoms with Crippen LogP contribution >= 0.6 is 0 Å². The van der Waals surface area contributed by atoms with Crippen LogP contribution in [0.15, 0.2) is 0 Å². The summed E-state index contributed by atoms with van der Waals surface area (Å²) in [5.74, 6) is 0.00358. The average Bonchev–Trinajstić information content (AvgIpc) is 3.54. The Balaban J connectivity index is 3.27. The summed E-state index contributed by atoms with van der Waals surface area (Å²) >= 11 is 0. The van der Waals surface area contributed by atoms with Crippen molar-refractivity contribution in [3.63, 3.8) is 0 Å². The number of hydrogen-bond acceptors (Lipinski definition) is 5. The lowest BCUT2D eigenvalue weighted by Gasteiger charge is -2.22. The van der Waals surface area contributed by atoms with Gasteiger partial charge in [0.05, 0.1) is 25.4 Å². The van der Waals surface area contributed by atoms with Gasteiger partial charge in [-0.25, -0.2) is 0 Å². The van der Waals surface area contributed by atoms with E-state index in [0.29, 0.717) is 25.9 Å². The molecule has 514 valence electrons. The van der Waals surface area contributed by atoms with Crippen LogP contribution in [0.1, 0.15) is 476 Å². The molecule has 0 bridgehead atoms. The minimum Gasteiger partial charge on any atom is -0.466 e. The van der Waals surface area contributed by atoms with Crippen molar-refractivity contribution in [2.24, 2.45) is 0 Å². The van der Waals surface area contributed by atoms with Crippen molar-refractivity contribution < 1.29 is 24.5 Å². The topological polar surface area (TPSA) is 95.9 Å². The first-order valence-electron chi connectivity index (χ1n) is 40.3. The zero-order valence-corrected chi connectivity index (χ0v) is 59.1. The molecule has 0 heterocycles. The molecule has 0 fully saturated rings. The Hall–Kier alpha value is -1.14. The fourth-order valence-electron chi connectivity index (χ4n) is 13.3. The van der Waals surface area contributed by atoms with Crippen LogP contribution in [0.5, 0.6) is 0 Å². The summed E-state index contributed by atoms with van der Waals surface area (Å²) in [5.41, 5.74) is 0. The lowest BCUT2D eigenvalue weighted by molar-refractivity contribution is -0.143. The van der Waals surface area contributed by atoms with E-state index in [1.165, 1.54) is 405 Å². The summed E-state index contributed by atoms with van der Waals surface area (Å²) in [6, 6.07) is -0.536. The van der Waals surface area contributed by atoms with E-state index < -0.39 is 12.1 Å². The molecule has 0 saturated heterocycles. The van der Waals surface area contributed by atoms with Crippen LogP contribution < -0.4 is 5.32 Å². The molecule has 0 aliphatic carbocycles. The number of hydrogen-bond donors (Lipinski definition) is 3. The van der Waals surface area contributed by atoms with Gasteiger partial charge in [-0.15, -0.1) is 0 Å². The summed E-state index contributed by atoms with van der Waals surface area (Å²) < 4.78 is 5.53. The predicted octanol–water partition coefficient (Wildman–Crippen LogP) is 26.5. The fraction of sp³-hybridized carbons (Fsp3) is 0.975. The van der Waals surface area contributed by atoms with Crippen LogP contribution in [-0.4, -0.2) is 47.4 Å². The van der Waals surface area contributed by atoms with Crippen molar-refractivity contribution in [1.29, 1.82) is 0 Å². The van der Waals surface area contributed by atoms with Gasteiger partial charge in [0.15, 0.2) is 0 Å². The molecular weight excluding hydrogens is 1050 g/mol. The molecule has 3 N–H and O–H groups in total. The highest BCUT2D eigenvalue weighted by atomic mass is 16.5. The standard InChI is InChI=1S/C80H159NO5/c1-3-5-7-9-11-13-15-17-19-20-38-42-46-50-54-58-62-66-70-74-80(85)86-75-71-67-63-59-55-51-47-43-40-37-35-33-31-29-27-25-23-21-22-24-26-28-30-32-34-36-39-41-45-49-53-57-61-65-69-73-79(84)81-77(76-82)78(83)72-68-64-60-56-52-48-44-18-16-14-12-10-8-6-4-2/h77-78,82-83H,3-76H2,1-2H3,(H,81,84).